The Kier molecular flexibility index (Phi) is 4.35. The van der Waals surface area contributed by atoms with Crippen molar-refractivity contribution in [3.63, 3.8) is 0 Å². The Morgan fingerprint density at radius 1 is 1.14 bits per heavy atom. The van der Waals surface area contributed by atoms with Crippen molar-refractivity contribution in [2.24, 2.45) is 5.73 Å². The van der Waals surface area contributed by atoms with Crippen LogP contribution in [0.1, 0.15) is 59.4 Å². The van der Waals surface area contributed by atoms with Crippen molar-refractivity contribution in [3.05, 3.63) is 34.9 Å². The number of carbonyl (C=O) groups excluding carboxylic acids is 4. The highest BCUT2D eigenvalue weighted by atomic mass is 16.2. The van der Waals surface area contributed by atoms with Crippen molar-refractivity contribution in [1.82, 2.24) is 15.1 Å². The molecule has 3 aliphatic heterocycles. The third-order valence-corrected chi connectivity index (χ3v) is 6.35. The fraction of sp³-hybridized carbons (Fsp3) is 0.500. The summed E-state index contributed by atoms with van der Waals surface area (Å²) in [6.45, 7) is 5.48. The van der Waals surface area contributed by atoms with Gasteiger partial charge in [0.05, 0.1) is 11.1 Å². The highest BCUT2D eigenvalue weighted by molar-refractivity contribution is 6.24. The lowest BCUT2D eigenvalue weighted by Crippen LogP contribution is -2.54. The number of hydrogen-bond acceptors (Lipinski definition) is 6. The Hall–Kier alpha value is -2.58. The second-order valence-electron chi connectivity index (χ2n) is 8.26. The summed E-state index contributed by atoms with van der Waals surface area (Å²) in [6, 6.07) is 4.32. The molecule has 0 saturated carbocycles. The van der Waals surface area contributed by atoms with Crippen LogP contribution in [0.5, 0.6) is 0 Å². The van der Waals surface area contributed by atoms with Crippen LogP contribution in [0.2, 0.25) is 0 Å². The van der Waals surface area contributed by atoms with Crippen molar-refractivity contribution in [1.29, 1.82) is 0 Å². The number of carbonyl (C=O) groups is 4. The summed E-state index contributed by atoms with van der Waals surface area (Å²) in [5, 5.41) is 2.22. The lowest BCUT2D eigenvalue weighted by molar-refractivity contribution is -0.136. The molecular formula is C20H24N4O4. The monoisotopic (exact) mass is 384 g/mol. The molecule has 3 aliphatic rings. The molecule has 4 rings (SSSR count). The Balaban J connectivity index is 1.65. The maximum atomic E-state index is 13.2. The maximum absolute atomic E-state index is 13.2. The third kappa shape index (κ3) is 2.75. The standard InChI is InChI=1S/C20H24N4O4/c1-20(2)14(21)8-9-23(20)10-11-4-3-5-12-16(11)19(28)24(18(12)27)13-6-7-15(25)22-17(13)26/h3-5,13-14H,6-10,21H2,1-2H3,(H,22,25,26). The maximum Gasteiger partial charge on any atom is 0.262 e. The van der Waals surface area contributed by atoms with E-state index in [2.05, 4.69) is 24.1 Å². The molecular weight excluding hydrogens is 360 g/mol. The van der Waals surface area contributed by atoms with Gasteiger partial charge in [0.15, 0.2) is 0 Å². The topological polar surface area (TPSA) is 113 Å². The Morgan fingerprint density at radius 2 is 1.89 bits per heavy atom. The zero-order valence-corrected chi connectivity index (χ0v) is 16.0. The van der Waals surface area contributed by atoms with E-state index in [4.69, 9.17) is 5.73 Å². The van der Waals surface area contributed by atoms with Crippen LogP contribution in [0.3, 0.4) is 0 Å². The van der Waals surface area contributed by atoms with E-state index in [0.717, 1.165) is 23.4 Å². The molecule has 2 unspecified atom stereocenters. The average molecular weight is 384 g/mol. The van der Waals surface area contributed by atoms with E-state index in [9.17, 15) is 19.2 Å². The van der Waals surface area contributed by atoms with E-state index in [1.54, 1.807) is 12.1 Å². The highest BCUT2D eigenvalue weighted by Crippen LogP contribution is 2.34. The molecule has 8 heteroatoms. The zero-order valence-electron chi connectivity index (χ0n) is 16.0. The molecule has 3 heterocycles. The van der Waals surface area contributed by atoms with Gasteiger partial charge in [-0.3, -0.25) is 34.3 Å². The number of nitrogens with zero attached hydrogens (tertiary/aromatic N) is 2. The molecule has 3 N–H and O–H groups in total. The first-order valence-electron chi connectivity index (χ1n) is 9.56. The Morgan fingerprint density at radius 3 is 2.54 bits per heavy atom. The van der Waals surface area contributed by atoms with Gasteiger partial charge >= 0.3 is 0 Å². The van der Waals surface area contributed by atoms with E-state index in [-0.39, 0.29) is 30.3 Å². The quantitative estimate of drug-likeness (QED) is 0.730. The first kappa shape index (κ1) is 18.8. The van der Waals surface area contributed by atoms with Crippen molar-refractivity contribution in [3.8, 4) is 0 Å². The molecule has 4 amide bonds. The molecule has 1 aromatic rings. The summed E-state index contributed by atoms with van der Waals surface area (Å²) < 4.78 is 0. The predicted molar refractivity (Wildman–Crippen MR) is 100 cm³/mol. The average Bonchev–Trinajstić information content (AvgIpc) is 3.04. The smallest absolute Gasteiger partial charge is 0.262 e. The van der Waals surface area contributed by atoms with Gasteiger partial charge in [0.1, 0.15) is 6.04 Å². The van der Waals surface area contributed by atoms with Gasteiger partial charge in [-0.2, -0.15) is 0 Å². The minimum atomic E-state index is -0.949. The van der Waals surface area contributed by atoms with Crippen molar-refractivity contribution >= 4 is 23.6 Å². The van der Waals surface area contributed by atoms with Gasteiger partial charge in [-0.1, -0.05) is 12.1 Å². The van der Waals surface area contributed by atoms with Gasteiger partial charge in [-0.25, -0.2) is 0 Å². The molecule has 8 nitrogen and oxygen atoms in total. The summed E-state index contributed by atoms with van der Waals surface area (Å²) in [7, 11) is 0. The van der Waals surface area contributed by atoms with E-state index in [1.807, 2.05) is 6.07 Å². The normalized spacial score (nSPS) is 27.3. The lowest BCUT2D eigenvalue weighted by Gasteiger charge is -2.34. The summed E-state index contributed by atoms with van der Waals surface area (Å²) in [6.07, 6.45) is 1.13. The highest BCUT2D eigenvalue weighted by Gasteiger charge is 2.46. The van der Waals surface area contributed by atoms with Crippen LogP contribution in [0, 0.1) is 0 Å². The molecule has 2 saturated heterocycles. The van der Waals surface area contributed by atoms with Crippen LogP contribution in [0.15, 0.2) is 18.2 Å². The molecule has 2 fully saturated rings. The van der Waals surface area contributed by atoms with Crippen LogP contribution < -0.4 is 11.1 Å². The number of piperidine rings is 1. The molecule has 2 atom stereocenters. The van der Waals surface area contributed by atoms with E-state index in [0.29, 0.717) is 17.7 Å². The molecule has 0 spiro atoms. The van der Waals surface area contributed by atoms with Crippen LogP contribution in [-0.2, 0) is 16.1 Å². The number of nitrogens with two attached hydrogens (primary N) is 1. The number of amides is 4. The third-order valence-electron chi connectivity index (χ3n) is 6.35. The number of likely N-dealkylation sites (tertiary alicyclic amines) is 1. The number of benzene rings is 1. The second-order valence-corrected chi connectivity index (χ2v) is 8.26. The Bertz CT molecular complexity index is 894. The zero-order chi connectivity index (χ0) is 20.2. The van der Waals surface area contributed by atoms with Gasteiger partial charge in [0.2, 0.25) is 11.8 Å². The second kappa shape index (κ2) is 6.49. The first-order valence-corrected chi connectivity index (χ1v) is 9.56. The molecule has 1 aromatic carbocycles. The van der Waals surface area contributed by atoms with Gasteiger partial charge in [0.25, 0.3) is 11.8 Å². The first-order chi connectivity index (χ1) is 13.2. The van der Waals surface area contributed by atoms with Gasteiger partial charge in [-0.05, 0) is 38.3 Å². The van der Waals surface area contributed by atoms with Crippen molar-refractivity contribution in [2.75, 3.05) is 6.54 Å². The molecule has 0 radical (unpaired) electrons. The number of imide groups is 2. The van der Waals surface area contributed by atoms with E-state index in [1.165, 1.54) is 0 Å². The molecule has 148 valence electrons. The minimum Gasteiger partial charge on any atom is -0.326 e. The SMILES string of the molecule is CC1(C)C(N)CCN1Cc1cccc2c1C(=O)N(C1CCC(=O)NC1=O)C2=O. The largest absolute Gasteiger partial charge is 0.326 e. The fourth-order valence-electron chi connectivity index (χ4n) is 4.38. The predicted octanol–water partition coefficient (Wildman–Crippen LogP) is 0.399. The van der Waals surface area contributed by atoms with Crippen LogP contribution in [0.4, 0.5) is 0 Å². The van der Waals surface area contributed by atoms with Gasteiger partial charge < -0.3 is 5.73 Å². The van der Waals surface area contributed by atoms with E-state index >= 15 is 0 Å². The van der Waals surface area contributed by atoms with E-state index < -0.39 is 23.8 Å². The van der Waals surface area contributed by atoms with Crippen LogP contribution in [0.25, 0.3) is 0 Å². The molecule has 28 heavy (non-hydrogen) atoms. The number of nitrogens with one attached hydrogen (secondary N) is 1. The summed E-state index contributed by atoms with van der Waals surface area (Å²) >= 11 is 0. The van der Waals surface area contributed by atoms with Gasteiger partial charge in [-0.15, -0.1) is 0 Å². The molecule has 0 aromatic heterocycles. The number of fused-ring (bicyclic) bond motifs is 1. The van der Waals surface area contributed by atoms with Gasteiger partial charge in [0, 0.05) is 31.1 Å². The summed E-state index contributed by atoms with van der Waals surface area (Å²) in [5.41, 5.74) is 7.44. The van der Waals surface area contributed by atoms with Crippen molar-refractivity contribution in [2.45, 2.75) is 57.3 Å². The summed E-state index contributed by atoms with van der Waals surface area (Å²) in [5.74, 6) is -1.93. The molecule has 0 bridgehead atoms. The lowest BCUT2D eigenvalue weighted by atomic mass is 9.95. The summed E-state index contributed by atoms with van der Waals surface area (Å²) in [4.78, 5) is 52.9. The number of rotatable bonds is 3. The minimum absolute atomic E-state index is 0.0431. The van der Waals surface area contributed by atoms with Crippen molar-refractivity contribution < 1.29 is 19.2 Å². The van der Waals surface area contributed by atoms with Crippen LogP contribution in [-0.4, -0.2) is 57.6 Å². The Labute approximate surface area is 163 Å². The fourth-order valence-corrected chi connectivity index (χ4v) is 4.38. The van der Waals surface area contributed by atoms with Crippen LogP contribution >= 0.6 is 0 Å². The molecule has 0 aliphatic carbocycles. The number of hydrogen-bond donors (Lipinski definition) is 2.